The first-order valence-electron chi connectivity index (χ1n) is 6.32. The highest BCUT2D eigenvalue weighted by Crippen LogP contribution is 2.20. The lowest BCUT2D eigenvalue weighted by Gasteiger charge is -2.07. The van der Waals surface area contributed by atoms with Crippen LogP contribution in [0.4, 0.5) is 11.4 Å². The lowest BCUT2D eigenvalue weighted by atomic mass is 10.1. The smallest absolute Gasteiger partial charge is 0.323 e. The number of H-pyrrole nitrogens is 2. The van der Waals surface area contributed by atoms with Crippen molar-refractivity contribution in [1.82, 2.24) is 9.97 Å². The van der Waals surface area contributed by atoms with Gasteiger partial charge in [-0.1, -0.05) is 18.2 Å². The number of aromatic amines is 2. The molecule has 0 atom stereocenters. The van der Waals surface area contributed by atoms with Crippen LogP contribution in [0.1, 0.15) is 5.56 Å². The molecule has 21 heavy (non-hydrogen) atoms. The van der Waals surface area contributed by atoms with Crippen molar-refractivity contribution in [3.63, 3.8) is 0 Å². The highest BCUT2D eigenvalue weighted by Gasteiger charge is 2.11. The van der Waals surface area contributed by atoms with E-state index in [4.69, 9.17) is 0 Å². The largest absolute Gasteiger partial charge is 0.381 e. The minimum absolute atomic E-state index is 0.0844. The van der Waals surface area contributed by atoms with Crippen molar-refractivity contribution in [2.45, 2.75) is 6.54 Å². The monoisotopic (exact) mass is 284 g/mol. The number of rotatable bonds is 4. The maximum absolute atomic E-state index is 11.2. The number of nitro benzene ring substituents is 1. The molecule has 0 amide bonds. The Balaban J connectivity index is 1.83. The van der Waals surface area contributed by atoms with E-state index in [1.807, 2.05) is 0 Å². The zero-order valence-electron chi connectivity index (χ0n) is 10.9. The number of anilines is 1. The topological polar surface area (TPSA) is 104 Å². The van der Waals surface area contributed by atoms with Crippen LogP contribution in [-0.2, 0) is 6.54 Å². The van der Waals surface area contributed by atoms with Crippen molar-refractivity contribution in [1.29, 1.82) is 0 Å². The third-order valence-electron chi connectivity index (χ3n) is 3.19. The van der Waals surface area contributed by atoms with Gasteiger partial charge >= 0.3 is 5.69 Å². The van der Waals surface area contributed by atoms with E-state index in [9.17, 15) is 14.9 Å². The second-order valence-electron chi connectivity index (χ2n) is 4.58. The predicted octanol–water partition coefficient (Wildman–Crippen LogP) is 2.38. The lowest BCUT2D eigenvalue weighted by Crippen LogP contribution is -2.02. The first-order valence-corrected chi connectivity index (χ1v) is 6.32. The van der Waals surface area contributed by atoms with Crippen molar-refractivity contribution < 1.29 is 4.92 Å². The number of nitrogens with one attached hydrogen (secondary N) is 3. The zero-order chi connectivity index (χ0) is 14.8. The van der Waals surface area contributed by atoms with Gasteiger partial charge in [-0.05, 0) is 18.2 Å². The number of hydrogen-bond donors (Lipinski definition) is 3. The quantitative estimate of drug-likeness (QED) is 0.505. The van der Waals surface area contributed by atoms with E-state index < -0.39 is 4.92 Å². The van der Waals surface area contributed by atoms with Crippen LogP contribution in [0, 0.1) is 10.1 Å². The second-order valence-corrected chi connectivity index (χ2v) is 4.58. The molecule has 7 heteroatoms. The number of fused-ring (bicyclic) bond motifs is 1. The Bertz CT molecular complexity index is 866. The number of nitro groups is 1. The number of imidazole rings is 1. The molecule has 106 valence electrons. The third kappa shape index (κ3) is 2.62. The molecule has 0 aliphatic carbocycles. The molecule has 0 fully saturated rings. The van der Waals surface area contributed by atoms with E-state index in [0.29, 0.717) is 17.6 Å². The van der Waals surface area contributed by atoms with Crippen molar-refractivity contribution in [3.8, 4) is 0 Å². The zero-order valence-corrected chi connectivity index (χ0v) is 10.9. The molecule has 0 spiro atoms. The number of nitrogens with zero attached hydrogens (tertiary/aromatic N) is 1. The molecule has 0 aliphatic heterocycles. The van der Waals surface area contributed by atoms with E-state index in [1.165, 1.54) is 6.07 Å². The lowest BCUT2D eigenvalue weighted by molar-refractivity contribution is -0.385. The van der Waals surface area contributed by atoms with Crippen LogP contribution >= 0.6 is 0 Å². The molecular weight excluding hydrogens is 272 g/mol. The third-order valence-corrected chi connectivity index (χ3v) is 3.19. The van der Waals surface area contributed by atoms with Gasteiger partial charge in [-0.2, -0.15) is 0 Å². The van der Waals surface area contributed by atoms with Gasteiger partial charge in [-0.25, -0.2) is 4.79 Å². The van der Waals surface area contributed by atoms with E-state index in [-0.39, 0.29) is 11.4 Å². The van der Waals surface area contributed by atoms with Crippen molar-refractivity contribution >= 4 is 22.4 Å². The van der Waals surface area contributed by atoms with Crippen LogP contribution in [0.2, 0.25) is 0 Å². The van der Waals surface area contributed by atoms with Crippen LogP contribution in [-0.4, -0.2) is 14.9 Å². The summed E-state index contributed by atoms with van der Waals surface area (Å²) in [6.45, 7) is 0.331. The summed E-state index contributed by atoms with van der Waals surface area (Å²) in [5, 5.41) is 14.1. The molecule has 0 saturated heterocycles. The van der Waals surface area contributed by atoms with Gasteiger partial charge in [0.05, 0.1) is 16.0 Å². The van der Waals surface area contributed by atoms with Gasteiger partial charge in [-0.3, -0.25) is 10.1 Å². The molecule has 3 aromatic rings. The van der Waals surface area contributed by atoms with Gasteiger partial charge in [-0.15, -0.1) is 0 Å². The molecule has 7 nitrogen and oxygen atoms in total. The fourth-order valence-corrected chi connectivity index (χ4v) is 2.18. The SMILES string of the molecule is O=c1[nH]c2ccc(NCc3ccccc3[N+](=O)[O-])cc2[nH]1. The summed E-state index contributed by atoms with van der Waals surface area (Å²) in [6, 6.07) is 11.9. The van der Waals surface area contributed by atoms with Crippen LogP contribution in [0.5, 0.6) is 0 Å². The van der Waals surface area contributed by atoms with Gasteiger partial charge in [0.25, 0.3) is 5.69 Å². The van der Waals surface area contributed by atoms with E-state index in [1.54, 1.807) is 36.4 Å². The van der Waals surface area contributed by atoms with Gasteiger partial charge < -0.3 is 15.3 Å². The first kappa shape index (κ1) is 12.9. The highest BCUT2D eigenvalue weighted by molar-refractivity contribution is 5.78. The first-order chi connectivity index (χ1) is 10.1. The standard InChI is InChI=1S/C14H12N4O3/c19-14-16-11-6-5-10(7-12(11)17-14)15-8-9-3-1-2-4-13(9)18(20)21/h1-7,15H,8H2,(H2,16,17,19). The van der Waals surface area contributed by atoms with Gasteiger partial charge in [0.15, 0.2) is 0 Å². The fraction of sp³-hybridized carbons (Fsp3) is 0.0714. The van der Waals surface area contributed by atoms with E-state index in [2.05, 4.69) is 15.3 Å². The molecule has 1 heterocycles. The second kappa shape index (κ2) is 5.12. The summed E-state index contributed by atoms with van der Waals surface area (Å²) >= 11 is 0. The average molecular weight is 284 g/mol. The number of para-hydroxylation sites is 1. The molecule has 0 aliphatic rings. The summed E-state index contributed by atoms with van der Waals surface area (Å²) in [7, 11) is 0. The predicted molar refractivity (Wildman–Crippen MR) is 79.3 cm³/mol. The Labute approximate surface area is 118 Å². The van der Waals surface area contributed by atoms with Crippen molar-refractivity contribution in [2.75, 3.05) is 5.32 Å². The van der Waals surface area contributed by atoms with E-state index in [0.717, 1.165) is 11.2 Å². The summed E-state index contributed by atoms with van der Waals surface area (Å²) in [5.41, 5.74) is 2.60. The summed E-state index contributed by atoms with van der Waals surface area (Å²) in [4.78, 5) is 27.1. The van der Waals surface area contributed by atoms with Crippen molar-refractivity contribution in [2.24, 2.45) is 0 Å². The Morgan fingerprint density at radius 3 is 2.67 bits per heavy atom. The molecule has 0 saturated carbocycles. The molecule has 0 unspecified atom stereocenters. The normalized spacial score (nSPS) is 10.7. The Hall–Kier alpha value is -3.09. The summed E-state index contributed by atoms with van der Waals surface area (Å²) < 4.78 is 0. The molecule has 2 aromatic carbocycles. The van der Waals surface area contributed by atoms with E-state index >= 15 is 0 Å². The number of aromatic nitrogens is 2. The molecule has 1 aromatic heterocycles. The molecular formula is C14H12N4O3. The minimum Gasteiger partial charge on any atom is -0.381 e. The van der Waals surface area contributed by atoms with Crippen LogP contribution in [0.25, 0.3) is 11.0 Å². The van der Waals surface area contributed by atoms with Gasteiger partial charge in [0.2, 0.25) is 0 Å². The highest BCUT2D eigenvalue weighted by atomic mass is 16.6. The minimum atomic E-state index is -0.399. The number of hydrogen-bond acceptors (Lipinski definition) is 4. The van der Waals surface area contributed by atoms with Crippen LogP contribution in [0.15, 0.2) is 47.3 Å². The van der Waals surface area contributed by atoms with Crippen LogP contribution in [0.3, 0.4) is 0 Å². The average Bonchev–Trinajstić information content (AvgIpc) is 2.84. The molecule has 3 N–H and O–H groups in total. The molecule has 0 bridgehead atoms. The Morgan fingerprint density at radius 2 is 1.86 bits per heavy atom. The summed E-state index contributed by atoms with van der Waals surface area (Å²) in [5.74, 6) is 0. The van der Waals surface area contributed by atoms with Crippen molar-refractivity contribution in [3.05, 3.63) is 68.6 Å². The fourth-order valence-electron chi connectivity index (χ4n) is 2.18. The summed E-state index contributed by atoms with van der Waals surface area (Å²) in [6.07, 6.45) is 0. The van der Waals surface area contributed by atoms with Gasteiger partial charge in [0.1, 0.15) is 0 Å². The molecule has 0 radical (unpaired) electrons. The van der Waals surface area contributed by atoms with Gasteiger partial charge in [0, 0.05) is 23.9 Å². The maximum atomic E-state index is 11.2. The number of benzene rings is 2. The van der Waals surface area contributed by atoms with Crippen LogP contribution < -0.4 is 11.0 Å². The Kier molecular flexibility index (Phi) is 3.15. The maximum Gasteiger partial charge on any atom is 0.323 e. The Morgan fingerprint density at radius 1 is 1.10 bits per heavy atom. The molecule has 3 rings (SSSR count).